The number of rotatable bonds is 2. The molecule has 4 rings (SSSR count). The fourth-order valence-corrected chi connectivity index (χ4v) is 2.99. The van der Waals surface area contributed by atoms with Crippen LogP contribution in [0.25, 0.3) is 21.1 Å². The first-order valence-corrected chi connectivity index (χ1v) is 7.34. The molecule has 0 aliphatic heterocycles. The molecule has 0 fully saturated rings. The molecule has 2 aromatic heterocycles. The minimum atomic E-state index is 0.557. The van der Waals surface area contributed by atoms with Crippen LogP contribution in [0.3, 0.4) is 0 Å². The van der Waals surface area contributed by atoms with Crippen LogP contribution in [-0.4, -0.2) is 9.97 Å². The zero-order valence-corrected chi connectivity index (χ0v) is 11.8. The van der Waals surface area contributed by atoms with E-state index in [1.54, 1.807) is 23.0 Å². The third kappa shape index (κ3) is 1.98. The number of aromatic nitrogens is 2. The smallest absolute Gasteiger partial charge is 0.153 e. The lowest BCUT2D eigenvalue weighted by Gasteiger charge is -2.10. The average Bonchev–Trinajstić information content (AvgIpc) is 3.00. The highest BCUT2D eigenvalue weighted by Gasteiger charge is 2.10. The molecule has 2 aromatic carbocycles. The van der Waals surface area contributed by atoms with E-state index in [-0.39, 0.29) is 0 Å². The molecule has 102 valence electrons. The fraction of sp³-hybridized carbons (Fsp3) is 0. The van der Waals surface area contributed by atoms with Crippen LogP contribution in [0, 0.1) is 0 Å². The topological polar surface area (TPSA) is 61.0 Å². The van der Waals surface area contributed by atoms with E-state index in [2.05, 4.69) is 9.97 Å². The Morgan fingerprint density at radius 2 is 1.81 bits per heavy atom. The van der Waals surface area contributed by atoms with Crippen LogP contribution in [-0.2, 0) is 0 Å². The summed E-state index contributed by atoms with van der Waals surface area (Å²) in [5, 5.41) is 1.03. The van der Waals surface area contributed by atoms with Gasteiger partial charge in [0.1, 0.15) is 16.7 Å². The summed E-state index contributed by atoms with van der Waals surface area (Å²) in [4.78, 5) is 8.66. The van der Waals surface area contributed by atoms with Crippen molar-refractivity contribution >= 4 is 38.1 Å². The zero-order valence-electron chi connectivity index (χ0n) is 11.0. The molecule has 4 nitrogen and oxygen atoms in total. The number of pyridine rings is 1. The van der Waals surface area contributed by atoms with E-state index in [0.717, 1.165) is 21.1 Å². The normalized spacial score (nSPS) is 11.0. The lowest BCUT2D eigenvalue weighted by atomic mass is 10.2. The van der Waals surface area contributed by atoms with Crippen molar-refractivity contribution in [2.24, 2.45) is 0 Å². The number of thiazole rings is 1. The maximum absolute atomic E-state index is 6.15. The first kappa shape index (κ1) is 12.1. The summed E-state index contributed by atoms with van der Waals surface area (Å²) in [6.45, 7) is 0. The predicted molar refractivity (Wildman–Crippen MR) is 85.8 cm³/mol. The number of hydrogen-bond acceptors (Lipinski definition) is 5. The van der Waals surface area contributed by atoms with Gasteiger partial charge in [0.2, 0.25) is 0 Å². The molecule has 4 aromatic rings. The number of fused-ring (bicyclic) bond motifs is 2. The van der Waals surface area contributed by atoms with Crippen molar-refractivity contribution in [2.75, 3.05) is 5.73 Å². The molecule has 2 heterocycles. The summed E-state index contributed by atoms with van der Waals surface area (Å²) in [5.41, 5.74) is 10.1. The standard InChI is InChI=1S/C16H11N3OS/c17-14-11(6-7-13-16(14)19-9-21-13)20-12-5-1-3-10-4-2-8-18-15(10)12/h1-9H,17H2. The molecule has 0 unspecified atom stereocenters. The van der Waals surface area contributed by atoms with E-state index in [1.807, 2.05) is 42.5 Å². The Bertz CT molecular complexity index is 943. The minimum absolute atomic E-state index is 0.557. The van der Waals surface area contributed by atoms with Crippen molar-refractivity contribution in [1.82, 2.24) is 9.97 Å². The van der Waals surface area contributed by atoms with E-state index < -0.39 is 0 Å². The molecule has 0 radical (unpaired) electrons. The molecule has 0 bridgehead atoms. The summed E-state index contributed by atoms with van der Waals surface area (Å²) >= 11 is 1.56. The second kappa shape index (κ2) is 4.71. The van der Waals surface area contributed by atoms with Crippen LogP contribution >= 0.6 is 11.3 Å². The summed E-state index contributed by atoms with van der Waals surface area (Å²) in [6.07, 6.45) is 1.75. The Hall–Kier alpha value is -2.66. The monoisotopic (exact) mass is 293 g/mol. The second-order valence-electron chi connectivity index (χ2n) is 4.61. The highest BCUT2D eigenvalue weighted by atomic mass is 32.1. The number of anilines is 1. The Balaban J connectivity index is 1.84. The molecular formula is C16H11N3OS. The average molecular weight is 293 g/mol. The molecule has 0 saturated heterocycles. The Morgan fingerprint density at radius 1 is 0.905 bits per heavy atom. The first-order valence-electron chi connectivity index (χ1n) is 6.46. The van der Waals surface area contributed by atoms with Crippen molar-refractivity contribution in [2.45, 2.75) is 0 Å². The largest absolute Gasteiger partial charge is 0.453 e. The summed E-state index contributed by atoms with van der Waals surface area (Å²) in [6, 6.07) is 13.6. The van der Waals surface area contributed by atoms with Crippen molar-refractivity contribution in [3.63, 3.8) is 0 Å². The zero-order chi connectivity index (χ0) is 14.2. The highest BCUT2D eigenvalue weighted by Crippen LogP contribution is 2.36. The molecular weight excluding hydrogens is 282 g/mol. The third-order valence-corrected chi connectivity index (χ3v) is 4.11. The van der Waals surface area contributed by atoms with Crippen LogP contribution in [0.1, 0.15) is 0 Å². The summed E-state index contributed by atoms with van der Waals surface area (Å²) in [5.74, 6) is 1.29. The van der Waals surface area contributed by atoms with Gasteiger partial charge in [0.05, 0.1) is 10.2 Å². The number of hydrogen-bond donors (Lipinski definition) is 1. The van der Waals surface area contributed by atoms with Gasteiger partial charge in [-0.2, -0.15) is 0 Å². The van der Waals surface area contributed by atoms with Crippen LogP contribution in [0.15, 0.2) is 54.2 Å². The SMILES string of the molecule is Nc1c(Oc2cccc3cccnc23)ccc2scnc12. The number of nitrogen functional groups attached to an aromatic ring is 1. The molecule has 0 amide bonds. The maximum atomic E-state index is 6.15. The molecule has 0 atom stereocenters. The van der Waals surface area contributed by atoms with Gasteiger partial charge in [0.25, 0.3) is 0 Å². The number of nitrogens with zero attached hydrogens (tertiary/aromatic N) is 2. The number of nitrogens with two attached hydrogens (primary N) is 1. The van der Waals surface area contributed by atoms with Crippen LogP contribution in [0.5, 0.6) is 11.5 Å². The predicted octanol–water partition coefficient (Wildman–Crippen LogP) is 4.22. The number of para-hydroxylation sites is 1. The van der Waals surface area contributed by atoms with Gasteiger partial charge in [-0.25, -0.2) is 4.98 Å². The van der Waals surface area contributed by atoms with Crippen LogP contribution in [0.4, 0.5) is 5.69 Å². The van der Waals surface area contributed by atoms with E-state index in [4.69, 9.17) is 10.5 Å². The Morgan fingerprint density at radius 3 is 2.76 bits per heavy atom. The van der Waals surface area contributed by atoms with Gasteiger partial charge in [0.15, 0.2) is 11.5 Å². The Kier molecular flexibility index (Phi) is 2.72. The van der Waals surface area contributed by atoms with Gasteiger partial charge in [-0.15, -0.1) is 11.3 Å². The van der Waals surface area contributed by atoms with E-state index in [1.165, 1.54) is 0 Å². The van der Waals surface area contributed by atoms with Gasteiger partial charge in [0, 0.05) is 11.6 Å². The first-order chi connectivity index (χ1) is 10.3. The highest BCUT2D eigenvalue weighted by molar-refractivity contribution is 7.16. The lowest BCUT2D eigenvalue weighted by Crippen LogP contribution is -1.94. The summed E-state index contributed by atoms with van der Waals surface area (Å²) in [7, 11) is 0. The van der Waals surface area contributed by atoms with E-state index in [9.17, 15) is 0 Å². The van der Waals surface area contributed by atoms with Crippen LogP contribution < -0.4 is 10.5 Å². The third-order valence-electron chi connectivity index (χ3n) is 3.32. The number of benzene rings is 2. The van der Waals surface area contributed by atoms with E-state index >= 15 is 0 Å². The fourth-order valence-electron chi connectivity index (χ4n) is 2.30. The van der Waals surface area contributed by atoms with Crippen molar-refractivity contribution in [1.29, 1.82) is 0 Å². The second-order valence-corrected chi connectivity index (χ2v) is 5.50. The Labute approximate surface area is 124 Å². The van der Waals surface area contributed by atoms with Gasteiger partial charge in [-0.05, 0) is 24.3 Å². The van der Waals surface area contributed by atoms with Crippen molar-refractivity contribution in [3.8, 4) is 11.5 Å². The number of ether oxygens (including phenoxy) is 1. The quantitative estimate of drug-likeness (QED) is 0.562. The molecule has 5 heteroatoms. The van der Waals surface area contributed by atoms with Gasteiger partial charge < -0.3 is 10.5 Å². The van der Waals surface area contributed by atoms with Crippen molar-refractivity contribution in [3.05, 3.63) is 54.2 Å². The molecule has 0 aliphatic rings. The molecule has 21 heavy (non-hydrogen) atoms. The van der Waals surface area contributed by atoms with Gasteiger partial charge >= 0.3 is 0 Å². The molecule has 2 N–H and O–H groups in total. The summed E-state index contributed by atoms with van der Waals surface area (Å²) < 4.78 is 7.03. The van der Waals surface area contributed by atoms with Gasteiger partial charge in [-0.1, -0.05) is 18.2 Å². The maximum Gasteiger partial charge on any atom is 0.153 e. The molecule has 0 aliphatic carbocycles. The van der Waals surface area contributed by atoms with Crippen molar-refractivity contribution < 1.29 is 4.74 Å². The molecule has 0 saturated carbocycles. The van der Waals surface area contributed by atoms with Gasteiger partial charge in [-0.3, -0.25) is 4.98 Å². The van der Waals surface area contributed by atoms with Crippen LogP contribution in [0.2, 0.25) is 0 Å². The van der Waals surface area contributed by atoms with E-state index in [0.29, 0.717) is 17.2 Å². The molecule has 0 spiro atoms. The minimum Gasteiger partial charge on any atom is -0.453 e. The lowest BCUT2D eigenvalue weighted by molar-refractivity contribution is 0.490.